The van der Waals surface area contributed by atoms with Gasteiger partial charge in [-0.2, -0.15) is 5.26 Å². The molecule has 0 atom stereocenters. The number of alkyl halides is 1. The number of methoxy groups -OCH3 is 1. The molecular formula is C17H17ClN4O3S. The van der Waals surface area contributed by atoms with Crippen molar-refractivity contribution < 1.29 is 14.3 Å². The van der Waals surface area contributed by atoms with E-state index in [2.05, 4.69) is 15.5 Å². The first-order valence-electron chi connectivity index (χ1n) is 7.73. The Morgan fingerprint density at radius 2 is 2.23 bits per heavy atom. The third-order valence-corrected chi connectivity index (χ3v) is 4.33. The van der Waals surface area contributed by atoms with Gasteiger partial charge in [0.1, 0.15) is 23.3 Å². The lowest BCUT2D eigenvalue weighted by molar-refractivity contribution is -0.112. The van der Waals surface area contributed by atoms with E-state index in [1.54, 1.807) is 18.2 Å². The molecule has 2 aromatic rings. The highest BCUT2D eigenvalue weighted by Crippen LogP contribution is 2.29. The van der Waals surface area contributed by atoms with Gasteiger partial charge in [0.2, 0.25) is 5.13 Å². The monoisotopic (exact) mass is 392 g/mol. The zero-order valence-corrected chi connectivity index (χ0v) is 15.9. The lowest BCUT2D eigenvalue weighted by Gasteiger charge is -2.10. The maximum Gasteiger partial charge on any atom is 0.268 e. The minimum atomic E-state index is -0.548. The molecule has 0 saturated carbocycles. The highest BCUT2D eigenvalue weighted by atomic mass is 35.5. The lowest BCUT2D eigenvalue weighted by Crippen LogP contribution is -2.13. The zero-order chi connectivity index (χ0) is 18.9. The molecule has 0 saturated heterocycles. The van der Waals surface area contributed by atoms with Crippen molar-refractivity contribution in [1.29, 1.82) is 5.26 Å². The van der Waals surface area contributed by atoms with E-state index in [4.69, 9.17) is 21.1 Å². The van der Waals surface area contributed by atoms with Crippen LogP contribution in [0.15, 0.2) is 23.8 Å². The molecule has 136 valence electrons. The van der Waals surface area contributed by atoms with Crippen LogP contribution in [0.25, 0.3) is 6.08 Å². The van der Waals surface area contributed by atoms with Gasteiger partial charge >= 0.3 is 0 Å². The SMILES string of the molecule is CCc1nnc(NC(=O)C(C#N)=Cc2ccc(OCCCl)c(OC)c2)s1. The van der Waals surface area contributed by atoms with E-state index in [0.29, 0.717) is 34.7 Å². The molecule has 0 radical (unpaired) electrons. The van der Waals surface area contributed by atoms with Gasteiger partial charge in [-0.1, -0.05) is 24.3 Å². The van der Waals surface area contributed by atoms with Gasteiger partial charge in [0, 0.05) is 0 Å². The summed E-state index contributed by atoms with van der Waals surface area (Å²) < 4.78 is 10.7. The maximum atomic E-state index is 12.3. The Labute approximate surface area is 160 Å². The summed E-state index contributed by atoms with van der Waals surface area (Å²) >= 11 is 6.89. The molecule has 2 rings (SSSR count). The Bertz CT molecular complexity index is 845. The second-order valence-electron chi connectivity index (χ2n) is 4.93. The van der Waals surface area contributed by atoms with E-state index in [1.807, 2.05) is 13.0 Å². The van der Waals surface area contributed by atoms with E-state index < -0.39 is 5.91 Å². The number of carbonyl (C=O) groups is 1. The second-order valence-corrected chi connectivity index (χ2v) is 6.37. The standard InChI is InChI=1S/C17H17ClN4O3S/c1-3-15-21-22-17(26-15)20-16(23)12(10-19)8-11-4-5-13(25-7-6-18)14(9-11)24-2/h4-5,8-9H,3,6-7H2,1-2H3,(H,20,22,23). The van der Waals surface area contributed by atoms with E-state index in [-0.39, 0.29) is 5.57 Å². The number of rotatable bonds is 8. The number of aryl methyl sites for hydroxylation is 1. The molecule has 1 heterocycles. The van der Waals surface area contributed by atoms with Crippen LogP contribution in [0.3, 0.4) is 0 Å². The fourth-order valence-corrected chi connectivity index (χ4v) is 2.72. The molecule has 0 spiro atoms. The fourth-order valence-electron chi connectivity index (χ4n) is 1.97. The summed E-state index contributed by atoms with van der Waals surface area (Å²) in [5, 5.41) is 20.8. The van der Waals surface area contributed by atoms with Gasteiger partial charge in [-0.3, -0.25) is 10.1 Å². The molecule has 0 unspecified atom stereocenters. The number of nitrogens with zero attached hydrogens (tertiary/aromatic N) is 3. The van der Waals surface area contributed by atoms with Gasteiger partial charge in [-0.15, -0.1) is 21.8 Å². The van der Waals surface area contributed by atoms with Gasteiger partial charge in [-0.25, -0.2) is 0 Å². The molecule has 0 bridgehead atoms. The summed E-state index contributed by atoms with van der Waals surface area (Å²) in [4.78, 5) is 12.3. The van der Waals surface area contributed by atoms with E-state index >= 15 is 0 Å². The van der Waals surface area contributed by atoms with Crippen LogP contribution in [-0.2, 0) is 11.2 Å². The minimum absolute atomic E-state index is 0.0604. The molecule has 1 aromatic heterocycles. The summed E-state index contributed by atoms with van der Waals surface area (Å²) in [5.41, 5.74) is 0.563. The van der Waals surface area contributed by atoms with Crippen molar-refractivity contribution in [3.63, 3.8) is 0 Å². The van der Waals surface area contributed by atoms with E-state index in [0.717, 1.165) is 11.4 Å². The Balaban J connectivity index is 2.19. The van der Waals surface area contributed by atoms with Crippen molar-refractivity contribution in [2.45, 2.75) is 13.3 Å². The predicted octanol–water partition coefficient (Wildman–Crippen LogP) is 3.27. The number of benzene rings is 1. The summed E-state index contributed by atoms with van der Waals surface area (Å²) in [6.45, 7) is 2.29. The normalized spacial score (nSPS) is 10.9. The Morgan fingerprint density at radius 3 is 2.85 bits per heavy atom. The molecule has 26 heavy (non-hydrogen) atoms. The summed E-state index contributed by atoms with van der Waals surface area (Å²) in [6.07, 6.45) is 2.19. The molecule has 0 fully saturated rings. The van der Waals surface area contributed by atoms with Crippen LogP contribution in [0, 0.1) is 11.3 Å². The summed E-state index contributed by atoms with van der Waals surface area (Å²) in [6, 6.07) is 6.98. The Hall–Kier alpha value is -2.63. The number of ether oxygens (including phenoxy) is 2. The van der Waals surface area contributed by atoms with Crippen LogP contribution >= 0.6 is 22.9 Å². The molecule has 0 aliphatic rings. The molecule has 9 heteroatoms. The highest BCUT2D eigenvalue weighted by Gasteiger charge is 2.13. The first-order chi connectivity index (χ1) is 12.6. The van der Waals surface area contributed by atoms with Gasteiger partial charge in [0.15, 0.2) is 11.5 Å². The number of anilines is 1. The average Bonchev–Trinajstić information content (AvgIpc) is 3.12. The van der Waals surface area contributed by atoms with Gasteiger partial charge in [0.05, 0.1) is 13.0 Å². The van der Waals surface area contributed by atoms with Gasteiger partial charge in [0.25, 0.3) is 5.91 Å². The Morgan fingerprint density at radius 1 is 1.42 bits per heavy atom. The Kier molecular flexibility index (Phi) is 7.38. The number of carbonyl (C=O) groups excluding carboxylic acids is 1. The third kappa shape index (κ3) is 5.18. The van der Waals surface area contributed by atoms with Crippen molar-refractivity contribution >= 4 is 40.1 Å². The fraction of sp³-hybridized carbons (Fsp3) is 0.294. The predicted molar refractivity (Wildman–Crippen MR) is 101 cm³/mol. The topological polar surface area (TPSA) is 97.1 Å². The van der Waals surface area contributed by atoms with Crippen molar-refractivity contribution in [2.75, 3.05) is 24.9 Å². The van der Waals surface area contributed by atoms with Crippen LogP contribution in [0.2, 0.25) is 0 Å². The molecular weight excluding hydrogens is 376 g/mol. The van der Waals surface area contributed by atoms with Crippen LogP contribution in [0.1, 0.15) is 17.5 Å². The molecule has 0 aliphatic carbocycles. The largest absolute Gasteiger partial charge is 0.493 e. The number of amides is 1. The number of aromatic nitrogens is 2. The van der Waals surface area contributed by atoms with E-state index in [1.165, 1.54) is 24.5 Å². The number of hydrogen-bond donors (Lipinski definition) is 1. The molecule has 0 aliphatic heterocycles. The first kappa shape index (κ1) is 19.7. The third-order valence-electron chi connectivity index (χ3n) is 3.19. The van der Waals surface area contributed by atoms with E-state index in [9.17, 15) is 10.1 Å². The number of nitrogens with one attached hydrogen (secondary N) is 1. The zero-order valence-electron chi connectivity index (χ0n) is 14.3. The van der Waals surface area contributed by atoms with Crippen molar-refractivity contribution in [3.05, 3.63) is 34.3 Å². The van der Waals surface area contributed by atoms with Crippen molar-refractivity contribution in [2.24, 2.45) is 0 Å². The molecule has 1 N–H and O–H groups in total. The molecule has 1 amide bonds. The molecule has 1 aromatic carbocycles. The maximum absolute atomic E-state index is 12.3. The van der Waals surface area contributed by atoms with Crippen LogP contribution in [0.4, 0.5) is 5.13 Å². The number of halogens is 1. The summed E-state index contributed by atoms with van der Waals surface area (Å²) in [5.74, 6) is 0.829. The quantitative estimate of drug-likeness (QED) is 0.420. The first-order valence-corrected chi connectivity index (χ1v) is 9.08. The average molecular weight is 393 g/mol. The van der Waals surface area contributed by atoms with Crippen molar-refractivity contribution in [3.8, 4) is 17.6 Å². The van der Waals surface area contributed by atoms with Crippen molar-refractivity contribution in [1.82, 2.24) is 10.2 Å². The van der Waals surface area contributed by atoms with Gasteiger partial charge in [-0.05, 0) is 30.2 Å². The van der Waals surface area contributed by atoms with Gasteiger partial charge < -0.3 is 9.47 Å². The minimum Gasteiger partial charge on any atom is -0.493 e. The number of nitriles is 1. The van der Waals surface area contributed by atoms with Crippen LogP contribution in [-0.4, -0.2) is 35.7 Å². The van der Waals surface area contributed by atoms with Crippen LogP contribution < -0.4 is 14.8 Å². The smallest absolute Gasteiger partial charge is 0.268 e. The lowest BCUT2D eigenvalue weighted by atomic mass is 10.1. The second kappa shape index (κ2) is 9.75. The highest BCUT2D eigenvalue weighted by molar-refractivity contribution is 7.15. The summed E-state index contributed by atoms with van der Waals surface area (Å²) in [7, 11) is 1.51. The number of hydrogen-bond acceptors (Lipinski definition) is 7. The molecule has 7 nitrogen and oxygen atoms in total. The van der Waals surface area contributed by atoms with Crippen LogP contribution in [0.5, 0.6) is 11.5 Å².